The predicted molar refractivity (Wildman–Crippen MR) is 103 cm³/mol. The van der Waals surface area contributed by atoms with Gasteiger partial charge in [-0.15, -0.1) is 0 Å². The first-order valence-corrected chi connectivity index (χ1v) is 9.03. The van der Waals surface area contributed by atoms with Gasteiger partial charge in [-0.2, -0.15) is 0 Å². The van der Waals surface area contributed by atoms with Gasteiger partial charge in [0.2, 0.25) is 0 Å². The molecule has 0 spiro atoms. The van der Waals surface area contributed by atoms with Crippen LogP contribution in [-0.4, -0.2) is 30.9 Å². The van der Waals surface area contributed by atoms with Crippen LogP contribution in [0.1, 0.15) is 39.6 Å². The van der Waals surface area contributed by atoms with E-state index >= 15 is 0 Å². The third-order valence-electron chi connectivity index (χ3n) is 4.93. The maximum absolute atomic E-state index is 12.6. The van der Waals surface area contributed by atoms with Crippen LogP contribution in [0.25, 0.3) is 0 Å². The van der Waals surface area contributed by atoms with Crippen molar-refractivity contribution in [3.05, 3.63) is 65.2 Å². The summed E-state index contributed by atoms with van der Waals surface area (Å²) in [6.07, 6.45) is 1.05. The number of benzene rings is 2. The van der Waals surface area contributed by atoms with E-state index in [1.807, 2.05) is 31.2 Å². The monoisotopic (exact) mass is 351 g/mol. The van der Waals surface area contributed by atoms with Gasteiger partial charge >= 0.3 is 0 Å². The van der Waals surface area contributed by atoms with Crippen molar-refractivity contribution in [1.82, 2.24) is 10.6 Å². The first-order valence-electron chi connectivity index (χ1n) is 9.03. The summed E-state index contributed by atoms with van der Waals surface area (Å²) in [6, 6.07) is 14.6. The zero-order valence-corrected chi connectivity index (χ0v) is 15.2. The van der Waals surface area contributed by atoms with Crippen LogP contribution in [0.3, 0.4) is 0 Å². The molecule has 136 valence electrons. The fourth-order valence-electron chi connectivity index (χ4n) is 3.12. The van der Waals surface area contributed by atoms with Crippen LogP contribution in [0.15, 0.2) is 48.5 Å². The van der Waals surface area contributed by atoms with E-state index in [0.717, 1.165) is 25.1 Å². The molecule has 0 bridgehead atoms. The summed E-state index contributed by atoms with van der Waals surface area (Å²) in [6.45, 7) is 5.85. The van der Waals surface area contributed by atoms with Crippen LogP contribution >= 0.6 is 0 Å². The molecule has 2 amide bonds. The maximum Gasteiger partial charge on any atom is 0.255 e. The Labute approximate surface area is 154 Å². The van der Waals surface area contributed by atoms with Crippen LogP contribution in [-0.2, 0) is 0 Å². The molecule has 1 heterocycles. The Bertz CT molecular complexity index is 789. The number of rotatable bonds is 4. The highest BCUT2D eigenvalue weighted by molar-refractivity contribution is 6.05. The van der Waals surface area contributed by atoms with Gasteiger partial charge in [-0.25, -0.2) is 0 Å². The van der Waals surface area contributed by atoms with Gasteiger partial charge in [0.05, 0.1) is 0 Å². The standard InChI is InChI=1S/C21H25N3O2/c1-14-8-9-17(21(26)24-19-13-22-11-10-15(19)2)12-18(14)23-20(25)16-6-4-3-5-7-16/h3-9,12,15,19,22H,10-11,13H2,1-2H3,(H,23,25)(H,24,26). The Kier molecular flexibility index (Phi) is 5.68. The molecule has 1 saturated heterocycles. The van der Waals surface area contributed by atoms with Gasteiger partial charge in [-0.3, -0.25) is 9.59 Å². The Morgan fingerprint density at radius 3 is 2.54 bits per heavy atom. The fourth-order valence-corrected chi connectivity index (χ4v) is 3.12. The number of carbonyl (C=O) groups is 2. The minimum Gasteiger partial charge on any atom is -0.348 e. The topological polar surface area (TPSA) is 70.2 Å². The van der Waals surface area contributed by atoms with Crippen molar-refractivity contribution in [3.63, 3.8) is 0 Å². The van der Waals surface area contributed by atoms with Crippen LogP contribution in [0.5, 0.6) is 0 Å². The highest BCUT2D eigenvalue weighted by Gasteiger charge is 2.23. The molecule has 3 rings (SSSR count). The van der Waals surface area contributed by atoms with E-state index in [-0.39, 0.29) is 17.9 Å². The van der Waals surface area contributed by atoms with Crippen LogP contribution in [0.2, 0.25) is 0 Å². The van der Waals surface area contributed by atoms with E-state index < -0.39 is 0 Å². The van der Waals surface area contributed by atoms with Gasteiger partial charge in [-0.1, -0.05) is 31.2 Å². The Morgan fingerprint density at radius 1 is 1.04 bits per heavy atom. The summed E-state index contributed by atoms with van der Waals surface area (Å²) >= 11 is 0. The van der Waals surface area contributed by atoms with Gasteiger partial charge in [0.25, 0.3) is 11.8 Å². The van der Waals surface area contributed by atoms with E-state index in [1.165, 1.54) is 0 Å². The molecule has 1 fully saturated rings. The van der Waals surface area contributed by atoms with Crippen molar-refractivity contribution in [1.29, 1.82) is 0 Å². The zero-order valence-electron chi connectivity index (χ0n) is 15.2. The normalized spacial score (nSPS) is 19.6. The number of hydrogen-bond acceptors (Lipinski definition) is 3. The van der Waals surface area contributed by atoms with Crippen molar-refractivity contribution in [2.24, 2.45) is 5.92 Å². The summed E-state index contributed by atoms with van der Waals surface area (Å²) in [5.41, 5.74) is 2.71. The smallest absolute Gasteiger partial charge is 0.255 e. The van der Waals surface area contributed by atoms with Crippen molar-refractivity contribution < 1.29 is 9.59 Å². The average Bonchev–Trinajstić information content (AvgIpc) is 2.66. The second-order valence-electron chi connectivity index (χ2n) is 6.90. The summed E-state index contributed by atoms with van der Waals surface area (Å²) in [5.74, 6) is 0.153. The number of piperidine rings is 1. The maximum atomic E-state index is 12.6. The largest absolute Gasteiger partial charge is 0.348 e. The third kappa shape index (κ3) is 4.29. The molecule has 0 radical (unpaired) electrons. The molecule has 26 heavy (non-hydrogen) atoms. The number of anilines is 1. The first-order chi connectivity index (χ1) is 12.5. The van der Waals surface area contributed by atoms with E-state index in [9.17, 15) is 9.59 Å². The van der Waals surface area contributed by atoms with Crippen LogP contribution in [0, 0.1) is 12.8 Å². The number of aryl methyl sites for hydroxylation is 1. The van der Waals surface area contributed by atoms with Crippen molar-refractivity contribution in [3.8, 4) is 0 Å². The number of carbonyl (C=O) groups excluding carboxylic acids is 2. The number of hydrogen-bond donors (Lipinski definition) is 3. The lowest BCUT2D eigenvalue weighted by Gasteiger charge is -2.30. The molecule has 2 atom stereocenters. The van der Waals surface area contributed by atoms with Crippen molar-refractivity contribution >= 4 is 17.5 Å². The van der Waals surface area contributed by atoms with Gasteiger partial charge in [0.15, 0.2) is 0 Å². The van der Waals surface area contributed by atoms with E-state index in [4.69, 9.17) is 0 Å². The molecule has 2 aromatic carbocycles. The van der Waals surface area contributed by atoms with Crippen molar-refractivity contribution in [2.45, 2.75) is 26.3 Å². The quantitative estimate of drug-likeness (QED) is 0.793. The van der Waals surface area contributed by atoms with Gasteiger partial charge in [0, 0.05) is 29.4 Å². The van der Waals surface area contributed by atoms with Gasteiger partial charge in [0.1, 0.15) is 0 Å². The summed E-state index contributed by atoms with van der Waals surface area (Å²) in [4.78, 5) is 25.0. The van der Waals surface area contributed by atoms with Crippen molar-refractivity contribution in [2.75, 3.05) is 18.4 Å². The van der Waals surface area contributed by atoms with Gasteiger partial charge < -0.3 is 16.0 Å². The minimum atomic E-state index is -0.184. The van der Waals surface area contributed by atoms with Crippen LogP contribution in [0.4, 0.5) is 5.69 Å². The highest BCUT2D eigenvalue weighted by Crippen LogP contribution is 2.19. The Morgan fingerprint density at radius 2 is 1.81 bits per heavy atom. The molecule has 5 heteroatoms. The second-order valence-corrected chi connectivity index (χ2v) is 6.90. The molecule has 3 N–H and O–H groups in total. The Hall–Kier alpha value is -2.66. The SMILES string of the molecule is Cc1ccc(C(=O)NC2CNCCC2C)cc1NC(=O)c1ccccc1. The van der Waals surface area contributed by atoms with Crippen LogP contribution < -0.4 is 16.0 Å². The summed E-state index contributed by atoms with van der Waals surface area (Å²) in [5, 5.41) is 9.32. The first kappa shape index (κ1) is 18.1. The lowest BCUT2D eigenvalue weighted by Crippen LogP contribution is -2.50. The second kappa shape index (κ2) is 8.15. The number of amides is 2. The molecule has 0 aromatic heterocycles. The fraction of sp³-hybridized carbons (Fsp3) is 0.333. The molecule has 1 aliphatic rings. The predicted octanol–water partition coefficient (Wildman–Crippen LogP) is 2.98. The molecule has 2 unspecified atom stereocenters. The number of nitrogens with one attached hydrogen (secondary N) is 3. The van der Waals surface area contributed by atoms with E-state index in [1.54, 1.807) is 24.3 Å². The van der Waals surface area contributed by atoms with Gasteiger partial charge in [-0.05, 0) is 55.6 Å². The molecule has 5 nitrogen and oxygen atoms in total. The lowest BCUT2D eigenvalue weighted by atomic mass is 9.94. The third-order valence-corrected chi connectivity index (χ3v) is 4.93. The lowest BCUT2D eigenvalue weighted by molar-refractivity contribution is 0.0914. The molecule has 0 saturated carbocycles. The average molecular weight is 351 g/mol. The molecule has 1 aliphatic heterocycles. The Balaban J connectivity index is 1.72. The zero-order chi connectivity index (χ0) is 18.5. The van der Waals surface area contributed by atoms with E-state index in [0.29, 0.717) is 22.7 Å². The molecule has 0 aliphatic carbocycles. The summed E-state index contributed by atoms with van der Waals surface area (Å²) in [7, 11) is 0. The molecular weight excluding hydrogens is 326 g/mol. The summed E-state index contributed by atoms with van der Waals surface area (Å²) < 4.78 is 0. The van der Waals surface area contributed by atoms with E-state index in [2.05, 4.69) is 22.9 Å². The molecular formula is C21H25N3O2. The highest BCUT2D eigenvalue weighted by atomic mass is 16.2. The minimum absolute atomic E-state index is 0.110. The molecule has 2 aromatic rings.